The Kier molecular flexibility index (Phi) is 6.01. The molecule has 1 unspecified atom stereocenters. The highest BCUT2D eigenvalue weighted by Gasteiger charge is 2.22. The lowest BCUT2D eigenvalue weighted by Crippen LogP contribution is -2.30. The van der Waals surface area contributed by atoms with Gasteiger partial charge in [-0.3, -0.25) is 9.59 Å². The Labute approximate surface area is 168 Å². The number of anilines is 2. The third-order valence-corrected chi connectivity index (χ3v) is 4.54. The molecule has 8 heteroatoms. The van der Waals surface area contributed by atoms with Crippen molar-refractivity contribution < 1.29 is 28.6 Å². The van der Waals surface area contributed by atoms with E-state index in [9.17, 15) is 14.4 Å². The molecule has 0 saturated heterocycles. The molecule has 0 fully saturated rings. The maximum atomic E-state index is 12.4. The van der Waals surface area contributed by atoms with Crippen molar-refractivity contribution in [1.82, 2.24) is 0 Å². The Morgan fingerprint density at radius 3 is 2.52 bits per heavy atom. The van der Waals surface area contributed by atoms with Crippen molar-refractivity contribution in [2.75, 3.05) is 24.9 Å². The number of hydrogen-bond acceptors (Lipinski definition) is 6. The number of amides is 2. The first kappa shape index (κ1) is 20.2. The molecule has 0 bridgehead atoms. The zero-order valence-electron chi connectivity index (χ0n) is 16.4. The Hall–Kier alpha value is -3.55. The van der Waals surface area contributed by atoms with Crippen molar-refractivity contribution >= 4 is 29.2 Å². The highest BCUT2D eigenvalue weighted by molar-refractivity contribution is 5.99. The summed E-state index contributed by atoms with van der Waals surface area (Å²) in [5.41, 5.74) is 2.37. The lowest BCUT2D eigenvalue weighted by atomic mass is 10.0. The largest absolute Gasteiger partial charge is 0.493 e. The van der Waals surface area contributed by atoms with Gasteiger partial charge in [-0.15, -0.1) is 0 Å². The lowest BCUT2D eigenvalue weighted by molar-refractivity contribution is -0.123. The summed E-state index contributed by atoms with van der Waals surface area (Å²) >= 11 is 0. The number of nitrogens with one attached hydrogen (secondary N) is 2. The first-order valence-electron chi connectivity index (χ1n) is 9.08. The third kappa shape index (κ3) is 4.66. The van der Waals surface area contributed by atoms with Gasteiger partial charge in [-0.2, -0.15) is 0 Å². The van der Waals surface area contributed by atoms with Crippen molar-refractivity contribution in [2.45, 2.75) is 25.9 Å². The number of fused-ring (bicyclic) bond motifs is 1. The van der Waals surface area contributed by atoms with Crippen LogP contribution in [0.5, 0.6) is 11.5 Å². The zero-order valence-corrected chi connectivity index (χ0v) is 16.4. The fraction of sp³-hybridized carbons (Fsp3) is 0.286. The minimum atomic E-state index is -1.01. The van der Waals surface area contributed by atoms with Crippen LogP contribution in [0, 0.1) is 0 Å². The number of rotatable bonds is 6. The molecular weight excluding hydrogens is 376 g/mol. The number of carbonyl (C=O) groups excluding carboxylic acids is 3. The summed E-state index contributed by atoms with van der Waals surface area (Å²) in [6.45, 7) is 1.49. The molecule has 0 aliphatic carbocycles. The number of carbonyl (C=O) groups is 3. The molecule has 1 aliphatic rings. The van der Waals surface area contributed by atoms with Crippen LogP contribution >= 0.6 is 0 Å². The maximum Gasteiger partial charge on any atom is 0.338 e. The summed E-state index contributed by atoms with van der Waals surface area (Å²) in [5.74, 6) is -0.131. The summed E-state index contributed by atoms with van der Waals surface area (Å²) in [4.78, 5) is 36.2. The molecule has 0 saturated carbocycles. The molecule has 2 amide bonds. The van der Waals surface area contributed by atoms with Gasteiger partial charge in [0.25, 0.3) is 5.91 Å². The van der Waals surface area contributed by atoms with Crippen molar-refractivity contribution in [2.24, 2.45) is 0 Å². The Morgan fingerprint density at radius 2 is 1.79 bits per heavy atom. The molecule has 0 spiro atoms. The Bertz CT molecular complexity index is 956. The normalized spacial score (nSPS) is 13.6. The second-order valence-corrected chi connectivity index (χ2v) is 6.53. The minimum Gasteiger partial charge on any atom is -0.493 e. The van der Waals surface area contributed by atoms with E-state index in [1.54, 1.807) is 36.4 Å². The van der Waals surface area contributed by atoms with Gasteiger partial charge >= 0.3 is 5.97 Å². The van der Waals surface area contributed by atoms with Gasteiger partial charge in [-0.25, -0.2) is 4.79 Å². The second kappa shape index (κ2) is 8.64. The van der Waals surface area contributed by atoms with Crippen LogP contribution in [0.3, 0.4) is 0 Å². The Balaban J connectivity index is 1.63. The van der Waals surface area contributed by atoms with Crippen LogP contribution in [0.15, 0.2) is 36.4 Å². The monoisotopic (exact) mass is 398 g/mol. The van der Waals surface area contributed by atoms with E-state index in [1.165, 1.54) is 21.1 Å². The van der Waals surface area contributed by atoms with Gasteiger partial charge in [-0.1, -0.05) is 0 Å². The summed E-state index contributed by atoms with van der Waals surface area (Å²) in [6.07, 6.45) is -0.0842. The standard InChI is InChI=1S/C21H22N2O6/c1-12(20(25)22-15-6-8-17(27-2)18(11-15)28-3)29-21(26)14-4-7-16-13(10-14)5-9-19(24)23-16/h4,6-8,10-12H,5,9H2,1-3H3,(H,22,25)(H,23,24). The minimum absolute atomic E-state index is 0.0479. The predicted molar refractivity (Wildman–Crippen MR) is 106 cm³/mol. The van der Waals surface area contributed by atoms with Crippen LogP contribution in [0.4, 0.5) is 11.4 Å². The van der Waals surface area contributed by atoms with Crippen molar-refractivity contribution in [3.8, 4) is 11.5 Å². The van der Waals surface area contributed by atoms with Gasteiger partial charge in [0.1, 0.15) is 0 Å². The molecule has 2 aromatic carbocycles. The summed E-state index contributed by atoms with van der Waals surface area (Å²) < 4.78 is 15.7. The number of hydrogen-bond donors (Lipinski definition) is 2. The predicted octanol–water partition coefficient (Wildman–Crippen LogP) is 2.77. The van der Waals surface area contributed by atoms with Gasteiger partial charge in [0.2, 0.25) is 5.91 Å². The van der Waals surface area contributed by atoms with Crippen LogP contribution in [0.25, 0.3) is 0 Å². The van der Waals surface area contributed by atoms with Crippen LogP contribution in [-0.2, 0) is 20.7 Å². The third-order valence-electron chi connectivity index (χ3n) is 4.54. The van der Waals surface area contributed by atoms with E-state index in [4.69, 9.17) is 14.2 Å². The van der Waals surface area contributed by atoms with Crippen molar-refractivity contribution in [3.05, 3.63) is 47.5 Å². The van der Waals surface area contributed by atoms with E-state index in [0.29, 0.717) is 41.3 Å². The number of benzene rings is 2. The highest BCUT2D eigenvalue weighted by atomic mass is 16.5. The van der Waals surface area contributed by atoms with Crippen LogP contribution in [0.2, 0.25) is 0 Å². The number of methoxy groups -OCH3 is 2. The molecular formula is C21H22N2O6. The fourth-order valence-corrected chi connectivity index (χ4v) is 2.95. The van der Waals surface area contributed by atoms with Gasteiger partial charge < -0.3 is 24.8 Å². The van der Waals surface area contributed by atoms with E-state index < -0.39 is 18.0 Å². The fourth-order valence-electron chi connectivity index (χ4n) is 2.95. The summed E-state index contributed by atoms with van der Waals surface area (Å²) in [5, 5.41) is 5.44. The van der Waals surface area contributed by atoms with Gasteiger partial charge in [-0.05, 0) is 49.2 Å². The molecule has 2 N–H and O–H groups in total. The Morgan fingerprint density at radius 1 is 1.03 bits per heavy atom. The molecule has 8 nitrogen and oxygen atoms in total. The maximum absolute atomic E-state index is 12.4. The van der Waals surface area contributed by atoms with Gasteiger partial charge in [0.05, 0.1) is 19.8 Å². The van der Waals surface area contributed by atoms with Gasteiger partial charge in [0, 0.05) is 23.9 Å². The molecule has 0 aromatic heterocycles. The van der Waals surface area contributed by atoms with Gasteiger partial charge in [0.15, 0.2) is 17.6 Å². The average molecular weight is 398 g/mol. The average Bonchev–Trinajstić information content (AvgIpc) is 2.72. The molecule has 0 radical (unpaired) electrons. The summed E-state index contributed by atoms with van der Waals surface area (Å²) in [7, 11) is 3.02. The number of ether oxygens (including phenoxy) is 3. The second-order valence-electron chi connectivity index (χ2n) is 6.53. The SMILES string of the molecule is COc1ccc(NC(=O)C(C)OC(=O)c2ccc3c(c2)CCC(=O)N3)cc1OC. The first-order valence-corrected chi connectivity index (χ1v) is 9.08. The molecule has 2 aromatic rings. The quantitative estimate of drug-likeness (QED) is 0.726. The van der Waals surface area contributed by atoms with E-state index in [-0.39, 0.29) is 5.91 Å². The molecule has 1 atom stereocenters. The molecule has 3 rings (SSSR count). The van der Waals surface area contributed by atoms with E-state index in [1.807, 2.05) is 0 Å². The van der Waals surface area contributed by atoms with E-state index in [2.05, 4.69) is 10.6 Å². The zero-order chi connectivity index (χ0) is 21.0. The van der Waals surface area contributed by atoms with Crippen molar-refractivity contribution in [1.29, 1.82) is 0 Å². The smallest absolute Gasteiger partial charge is 0.338 e. The topological polar surface area (TPSA) is 103 Å². The van der Waals surface area contributed by atoms with Crippen LogP contribution < -0.4 is 20.1 Å². The molecule has 152 valence electrons. The number of aryl methyl sites for hydroxylation is 1. The lowest BCUT2D eigenvalue weighted by Gasteiger charge is -2.18. The van der Waals surface area contributed by atoms with Crippen molar-refractivity contribution in [3.63, 3.8) is 0 Å². The summed E-state index contributed by atoms with van der Waals surface area (Å²) in [6, 6.07) is 9.84. The van der Waals surface area contributed by atoms with Crippen LogP contribution in [-0.4, -0.2) is 38.1 Å². The van der Waals surface area contributed by atoms with Crippen LogP contribution in [0.1, 0.15) is 29.3 Å². The first-order chi connectivity index (χ1) is 13.9. The molecule has 1 aliphatic heterocycles. The van der Waals surface area contributed by atoms with E-state index >= 15 is 0 Å². The molecule has 29 heavy (non-hydrogen) atoms. The highest BCUT2D eigenvalue weighted by Crippen LogP contribution is 2.30. The molecule has 1 heterocycles. The number of esters is 1. The van der Waals surface area contributed by atoms with E-state index in [0.717, 1.165) is 5.56 Å².